The quantitative estimate of drug-likeness (QED) is 0.877. The van der Waals surface area contributed by atoms with Crippen molar-refractivity contribution >= 4 is 28.0 Å². The molecule has 0 saturated heterocycles. The largest absolute Gasteiger partial charge is 0.481 e. The lowest BCUT2D eigenvalue weighted by Crippen LogP contribution is -2.35. The first-order chi connectivity index (χ1) is 9.17. The SMILES string of the molecule is CC(C)(C)OC(=O)N[C@H](CC(=O)O)c1ccc(Br)cc1. The fourth-order valence-corrected chi connectivity index (χ4v) is 1.84. The second kappa shape index (κ2) is 6.74. The number of rotatable bonds is 4. The van der Waals surface area contributed by atoms with E-state index in [0.29, 0.717) is 5.56 Å². The molecule has 1 atom stereocenters. The zero-order chi connectivity index (χ0) is 15.3. The van der Waals surface area contributed by atoms with Gasteiger partial charge in [-0.3, -0.25) is 4.79 Å². The van der Waals surface area contributed by atoms with Crippen molar-refractivity contribution in [2.24, 2.45) is 0 Å². The van der Waals surface area contributed by atoms with Crippen LogP contribution < -0.4 is 5.32 Å². The summed E-state index contributed by atoms with van der Waals surface area (Å²) in [4.78, 5) is 22.7. The first kappa shape index (κ1) is 16.5. The van der Waals surface area contributed by atoms with Gasteiger partial charge in [0.25, 0.3) is 0 Å². The van der Waals surface area contributed by atoms with Crippen LogP contribution in [0.4, 0.5) is 4.79 Å². The molecule has 0 aromatic heterocycles. The van der Waals surface area contributed by atoms with Gasteiger partial charge in [-0.2, -0.15) is 0 Å². The van der Waals surface area contributed by atoms with Crippen molar-refractivity contribution in [1.82, 2.24) is 5.32 Å². The lowest BCUT2D eigenvalue weighted by Gasteiger charge is -2.23. The number of ether oxygens (including phenoxy) is 1. The van der Waals surface area contributed by atoms with E-state index < -0.39 is 23.7 Å². The molecule has 20 heavy (non-hydrogen) atoms. The minimum absolute atomic E-state index is 0.207. The molecule has 1 rings (SSSR count). The van der Waals surface area contributed by atoms with Gasteiger partial charge in [-0.05, 0) is 38.5 Å². The molecular formula is C14H18BrNO4. The van der Waals surface area contributed by atoms with Crippen LogP contribution in [0.5, 0.6) is 0 Å². The Morgan fingerprint density at radius 1 is 1.30 bits per heavy atom. The maximum absolute atomic E-state index is 11.8. The average Bonchev–Trinajstić information content (AvgIpc) is 2.25. The monoisotopic (exact) mass is 343 g/mol. The van der Waals surface area contributed by atoms with Gasteiger partial charge < -0.3 is 15.2 Å². The minimum Gasteiger partial charge on any atom is -0.481 e. The molecule has 1 amide bonds. The second-order valence-electron chi connectivity index (χ2n) is 5.35. The second-order valence-corrected chi connectivity index (χ2v) is 6.26. The van der Waals surface area contributed by atoms with E-state index in [1.807, 2.05) is 0 Å². The number of nitrogens with one attached hydrogen (secondary N) is 1. The predicted molar refractivity (Wildman–Crippen MR) is 78.5 cm³/mol. The summed E-state index contributed by atoms with van der Waals surface area (Å²) < 4.78 is 6.02. The van der Waals surface area contributed by atoms with Crippen molar-refractivity contribution in [3.05, 3.63) is 34.3 Å². The summed E-state index contributed by atoms with van der Waals surface area (Å²) in [5.74, 6) is -0.992. The first-order valence-electron chi connectivity index (χ1n) is 6.14. The van der Waals surface area contributed by atoms with Crippen molar-refractivity contribution in [1.29, 1.82) is 0 Å². The van der Waals surface area contributed by atoms with Gasteiger partial charge in [-0.1, -0.05) is 28.1 Å². The van der Waals surface area contributed by atoms with Crippen molar-refractivity contribution < 1.29 is 19.4 Å². The molecule has 5 nitrogen and oxygen atoms in total. The lowest BCUT2D eigenvalue weighted by atomic mass is 10.0. The van der Waals surface area contributed by atoms with Crippen LogP contribution in [-0.4, -0.2) is 22.8 Å². The fourth-order valence-electron chi connectivity index (χ4n) is 1.57. The average molecular weight is 344 g/mol. The normalized spacial score (nSPS) is 12.6. The number of carbonyl (C=O) groups is 2. The molecule has 0 aliphatic carbocycles. The number of carbonyl (C=O) groups excluding carboxylic acids is 1. The Morgan fingerprint density at radius 3 is 2.30 bits per heavy atom. The number of hydrogen-bond donors (Lipinski definition) is 2. The summed E-state index contributed by atoms with van der Waals surface area (Å²) in [6.45, 7) is 5.25. The molecule has 0 radical (unpaired) electrons. The van der Waals surface area contributed by atoms with E-state index in [-0.39, 0.29) is 6.42 Å². The Morgan fingerprint density at radius 2 is 1.85 bits per heavy atom. The van der Waals surface area contributed by atoms with Crippen molar-refractivity contribution in [2.45, 2.75) is 38.8 Å². The molecule has 0 aliphatic rings. The molecule has 0 heterocycles. The van der Waals surface area contributed by atoms with E-state index in [1.54, 1.807) is 45.0 Å². The standard InChI is InChI=1S/C14H18BrNO4/c1-14(2,3)20-13(19)16-11(8-12(17)18)9-4-6-10(15)7-5-9/h4-7,11H,8H2,1-3H3,(H,16,19)(H,17,18)/t11-/m1/s1. The van der Waals surface area contributed by atoms with Crippen molar-refractivity contribution in [2.75, 3.05) is 0 Å². The van der Waals surface area contributed by atoms with Gasteiger partial charge in [-0.15, -0.1) is 0 Å². The number of halogens is 1. The molecule has 0 spiro atoms. The van der Waals surface area contributed by atoms with Gasteiger partial charge in [0, 0.05) is 4.47 Å². The van der Waals surface area contributed by atoms with Crippen molar-refractivity contribution in [3.8, 4) is 0 Å². The molecule has 2 N–H and O–H groups in total. The summed E-state index contributed by atoms with van der Waals surface area (Å²) in [7, 11) is 0. The van der Waals surface area contributed by atoms with Crippen LogP contribution in [0.2, 0.25) is 0 Å². The number of amides is 1. The molecule has 0 saturated carbocycles. The van der Waals surface area contributed by atoms with E-state index >= 15 is 0 Å². The van der Waals surface area contributed by atoms with E-state index in [1.165, 1.54) is 0 Å². The Kier molecular flexibility index (Phi) is 5.56. The predicted octanol–water partition coefficient (Wildman–Crippen LogP) is 3.49. The molecule has 110 valence electrons. The molecule has 1 aromatic carbocycles. The molecule has 1 aromatic rings. The Hall–Kier alpha value is -1.56. The van der Waals surface area contributed by atoms with Crippen LogP contribution in [0.15, 0.2) is 28.7 Å². The van der Waals surface area contributed by atoms with Gasteiger partial charge >= 0.3 is 12.1 Å². The fraction of sp³-hybridized carbons (Fsp3) is 0.429. The number of hydrogen-bond acceptors (Lipinski definition) is 3. The molecule has 0 aliphatic heterocycles. The van der Waals surface area contributed by atoms with Crippen LogP contribution in [-0.2, 0) is 9.53 Å². The Bertz CT molecular complexity index is 479. The minimum atomic E-state index is -0.992. The van der Waals surface area contributed by atoms with Crippen LogP contribution in [0.1, 0.15) is 38.8 Å². The topological polar surface area (TPSA) is 75.6 Å². The molecule has 0 unspecified atom stereocenters. The van der Waals surface area contributed by atoms with E-state index in [9.17, 15) is 9.59 Å². The molecular weight excluding hydrogens is 326 g/mol. The van der Waals surface area contributed by atoms with Crippen LogP contribution in [0, 0.1) is 0 Å². The highest BCUT2D eigenvalue weighted by Crippen LogP contribution is 2.20. The molecule has 0 bridgehead atoms. The number of aliphatic carboxylic acids is 1. The number of carboxylic acids is 1. The highest BCUT2D eigenvalue weighted by Gasteiger charge is 2.22. The van der Waals surface area contributed by atoms with Gasteiger partial charge in [0.1, 0.15) is 5.60 Å². The summed E-state index contributed by atoms with van der Waals surface area (Å²) in [6.07, 6.45) is -0.840. The third-order valence-electron chi connectivity index (χ3n) is 2.34. The van der Waals surface area contributed by atoms with Gasteiger partial charge in [0.2, 0.25) is 0 Å². The van der Waals surface area contributed by atoms with E-state index in [2.05, 4.69) is 21.2 Å². The van der Waals surface area contributed by atoms with Gasteiger partial charge in [0.05, 0.1) is 12.5 Å². The number of benzene rings is 1. The molecule has 0 fully saturated rings. The maximum atomic E-state index is 11.8. The Balaban J connectivity index is 2.82. The number of carboxylic acid groups (broad SMARTS) is 1. The Labute approximate surface area is 126 Å². The first-order valence-corrected chi connectivity index (χ1v) is 6.93. The highest BCUT2D eigenvalue weighted by molar-refractivity contribution is 9.10. The summed E-state index contributed by atoms with van der Waals surface area (Å²) >= 11 is 3.31. The third-order valence-corrected chi connectivity index (χ3v) is 2.87. The van der Waals surface area contributed by atoms with Crippen LogP contribution in [0.25, 0.3) is 0 Å². The van der Waals surface area contributed by atoms with Gasteiger partial charge in [0.15, 0.2) is 0 Å². The van der Waals surface area contributed by atoms with Crippen LogP contribution >= 0.6 is 15.9 Å². The van der Waals surface area contributed by atoms with Gasteiger partial charge in [-0.25, -0.2) is 4.79 Å². The molecule has 6 heteroatoms. The van der Waals surface area contributed by atoms with E-state index in [0.717, 1.165) is 4.47 Å². The highest BCUT2D eigenvalue weighted by atomic mass is 79.9. The van der Waals surface area contributed by atoms with Crippen molar-refractivity contribution in [3.63, 3.8) is 0 Å². The smallest absolute Gasteiger partial charge is 0.408 e. The number of alkyl carbamates (subject to hydrolysis) is 1. The summed E-state index contributed by atoms with van der Waals surface area (Å²) in [6, 6.07) is 6.47. The van der Waals surface area contributed by atoms with E-state index in [4.69, 9.17) is 9.84 Å². The summed E-state index contributed by atoms with van der Waals surface area (Å²) in [5, 5.41) is 11.5. The zero-order valence-corrected chi connectivity index (χ0v) is 13.2. The maximum Gasteiger partial charge on any atom is 0.408 e. The zero-order valence-electron chi connectivity index (χ0n) is 11.6. The van der Waals surface area contributed by atoms with Crippen LogP contribution in [0.3, 0.4) is 0 Å². The lowest BCUT2D eigenvalue weighted by molar-refractivity contribution is -0.137. The summed E-state index contributed by atoms with van der Waals surface area (Å²) in [5.41, 5.74) is 0.0823. The third kappa shape index (κ3) is 6.06.